The van der Waals surface area contributed by atoms with Crippen LogP contribution >= 0.6 is 0 Å². The van der Waals surface area contributed by atoms with E-state index in [0.29, 0.717) is 0 Å². The van der Waals surface area contributed by atoms with E-state index in [0.717, 1.165) is 12.8 Å². The van der Waals surface area contributed by atoms with Crippen molar-refractivity contribution >= 4 is 11.7 Å². The third-order valence-corrected chi connectivity index (χ3v) is 2.92. The molecule has 0 spiro atoms. The maximum Gasteiger partial charge on any atom is 0.417 e. The van der Waals surface area contributed by atoms with Gasteiger partial charge in [-0.05, 0) is 20.3 Å². The summed E-state index contributed by atoms with van der Waals surface area (Å²) in [4.78, 5) is 14.6. The average molecular weight is 256 g/mol. The van der Waals surface area contributed by atoms with Crippen molar-refractivity contribution in [3.05, 3.63) is 5.53 Å². The molecule has 1 fully saturated rings. The Balaban J connectivity index is 2.92. The largest absolute Gasteiger partial charge is 0.460 e. The smallest absolute Gasteiger partial charge is 0.417 e. The number of carbonyl (C=O) groups is 1. The molecule has 6 nitrogen and oxygen atoms in total. The molecule has 2 atom stereocenters. The molecule has 6 heteroatoms. The summed E-state index contributed by atoms with van der Waals surface area (Å²) in [6.07, 6.45) is 1.44. The molecule has 0 aromatic carbocycles. The Labute approximate surface area is 107 Å². The maximum absolute atomic E-state index is 11.5. The van der Waals surface area contributed by atoms with E-state index >= 15 is 0 Å². The Hall–Kier alpha value is -1.23. The highest BCUT2D eigenvalue weighted by atomic mass is 16.7. The van der Waals surface area contributed by atoms with E-state index in [1.165, 1.54) is 7.11 Å². The van der Waals surface area contributed by atoms with Gasteiger partial charge in [-0.25, -0.2) is 4.79 Å². The summed E-state index contributed by atoms with van der Waals surface area (Å²) in [7, 11) is 1.25. The first-order valence-corrected chi connectivity index (χ1v) is 6.07. The highest BCUT2D eigenvalue weighted by molar-refractivity contribution is 6.34. The fourth-order valence-corrected chi connectivity index (χ4v) is 2.05. The second-order valence-corrected chi connectivity index (χ2v) is 4.74. The molecule has 1 saturated heterocycles. The van der Waals surface area contributed by atoms with Crippen molar-refractivity contribution in [2.45, 2.75) is 45.5 Å². The van der Waals surface area contributed by atoms with E-state index in [4.69, 9.17) is 15.0 Å². The summed E-state index contributed by atoms with van der Waals surface area (Å²) in [5.74, 6) is -1.75. The molecule has 0 saturated carbocycles. The van der Waals surface area contributed by atoms with Gasteiger partial charge in [0.1, 0.15) is 5.92 Å². The molecule has 1 rings (SSSR count). The summed E-state index contributed by atoms with van der Waals surface area (Å²) in [5.41, 5.74) is 8.92. The Bertz CT molecular complexity index is 361. The zero-order valence-electron chi connectivity index (χ0n) is 11.3. The van der Waals surface area contributed by atoms with Crippen molar-refractivity contribution in [3.8, 4) is 0 Å². The van der Waals surface area contributed by atoms with E-state index in [1.54, 1.807) is 0 Å². The minimum Gasteiger partial charge on any atom is -0.460 e. The van der Waals surface area contributed by atoms with Crippen molar-refractivity contribution in [2.24, 2.45) is 5.92 Å². The third kappa shape index (κ3) is 3.38. The lowest BCUT2D eigenvalue weighted by Crippen LogP contribution is -2.50. The van der Waals surface area contributed by atoms with Gasteiger partial charge in [0.25, 0.3) is 0 Å². The van der Waals surface area contributed by atoms with Gasteiger partial charge in [-0.15, -0.1) is 0 Å². The molecule has 0 aromatic heterocycles. The van der Waals surface area contributed by atoms with Gasteiger partial charge in [0, 0.05) is 0 Å². The monoisotopic (exact) mass is 256 g/mol. The van der Waals surface area contributed by atoms with Crippen molar-refractivity contribution in [3.63, 3.8) is 0 Å². The molecular formula is C12H20N2O4. The van der Waals surface area contributed by atoms with Crippen LogP contribution in [0.3, 0.4) is 0 Å². The third-order valence-electron chi connectivity index (χ3n) is 2.92. The molecule has 1 heterocycles. The lowest BCUT2D eigenvalue weighted by atomic mass is 9.92. The first-order valence-electron chi connectivity index (χ1n) is 6.07. The molecule has 0 N–H and O–H groups in total. The van der Waals surface area contributed by atoms with Crippen molar-refractivity contribution in [1.29, 1.82) is 0 Å². The average Bonchev–Trinajstić information content (AvgIpc) is 2.32. The van der Waals surface area contributed by atoms with Crippen LogP contribution in [0.1, 0.15) is 33.6 Å². The summed E-state index contributed by atoms with van der Waals surface area (Å²) in [6.45, 7) is 5.93. The molecule has 0 bridgehead atoms. The van der Waals surface area contributed by atoms with Crippen LogP contribution in [-0.4, -0.2) is 42.1 Å². The zero-order chi connectivity index (χ0) is 13.8. The molecule has 18 heavy (non-hydrogen) atoms. The van der Waals surface area contributed by atoms with E-state index < -0.39 is 17.7 Å². The Kier molecular flexibility index (Phi) is 5.02. The predicted octanol–water partition coefficient (Wildman–Crippen LogP) is 1.40. The highest BCUT2D eigenvalue weighted by Crippen LogP contribution is 2.29. The van der Waals surface area contributed by atoms with Gasteiger partial charge in [0.05, 0.1) is 19.8 Å². The number of methoxy groups -OCH3 is 1. The van der Waals surface area contributed by atoms with E-state index in [9.17, 15) is 4.79 Å². The van der Waals surface area contributed by atoms with Crippen LogP contribution < -0.4 is 0 Å². The fourth-order valence-electron chi connectivity index (χ4n) is 2.05. The number of ether oxygens (including phenoxy) is 3. The molecule has 1 aliphatic rings. The van der Waals surface area contributed by atoms with Crippen LogP contribution in [0.2, 0.25) is 0 Å². The minimum atomic E-state index is -0.687. The summed E-state index contributed by atoms with van der Waals surface area (Å²) in [6, 6.07) is 0. The number of carbonyl (C=O) groups excluding carboxylic acids is 1. The molecular weight excluding hydrogens is 236 g/mol. The van der Waals surface area contributed by atoms with Crippen molar-refractivity contribution in [1.82, 2.24) is 0 Å². The maximum atomic E-state index is 11.5. The van der Waals surface area contributed by atoms with Gasteiger partial charge in [0.2, 0.25) is 0 Å². The number of nitrogens with zero attached hydrogens (tertiary/aromatic N) is 2. The second-order valence-electron chi connectivity index (χ2n) is 4.74. The Morgan fingerprint density at radius 1 is 1.56 bits per heavy atom. The zero-order valence-corrected chi connectivity index (χ0v) is 11.3. The fraction of sp³-hybridized carbons (Fsp3) is 0.833. The van der Waals surface area contributed by atoms with Gasteiger partial charge in [0.15, 0.2) is 5.79 Å². The van der Waals surface area contributed by atoms with Gasteiger partial charge in [-0.2, -0.15) is 4.79 Å². The summed E-state index contributed by atoms with van der Waals surface area (Å²) < 4.78 is 15.9. The first-order chi connectivity index (χ1) is 8.45. The van der Waals surface area contributed by atoms with Gasteiger partial charge in [-0.3, -0.25) is 0 Å². The van der Waals surface area contributed by atoms with Crippen molar-refractivity contribution < 1.29 is 23.8 Å². The van der Waals surface area contributed by atoms with E-state index in [1.807, 2.05) is 20.8 Å². The molecule has 1 aliphatic heterocycles. The molecule has 0 aromatic rings. The molecule has 0 amide bonds. The Morgan fingerprint density at radius 2 is 2.22 bits per heavy atom. The molecule has 102 valence electrons. The SMILES string of the molecule is CCC[C@@H]1OC(C)(C)OC[C@H]1C(=[N+]=[N-])C(=O)OC. The summed E-state index contributed by atoms with van der Waals surface area (Å²) >= 11 is 0. The van der Waals surface area contributed by atoms with Crippen LogP contribution in [-0.2, 0) is 19.0 Å². The molecule has 0 unspecified atom stereocenters. The lowest BCUT2D eigenvalue weighted by molar-refractivity contribution is -0.287. The summed E-state index contributed by atoms with van der Waals surface area (Å²) in [5, 5.41) is 0. The molecule has 0 aliphatic carbocycles. The first kappa shape index (κ1) is 14.8. The number of hydrogen-bond acceptors (Lipinski definition) is 4. The quantitative estimate of drug-likeness (QED) is 0.329. The van der Waals surface area contributed by atoms with Crippen molar-refractivity contribution in [2.75, 3.05) is 13.7 Å². The minimum absolute atomic E-state index is 0.0496. The van der Waals surface area contributed by atoms with Crippen LogP contribution in [0.5, 0.6) is 0 Å². The molecule has 0 radical (unpaired) electrons. The topological polar surface area (TPSA) is 81.2 Å². The van der Waals surface area contributed by atoms with E-state index in [2.05, 4.69) is 9.53 Å². The number of hydrogen-bond donors (Lipinski definition) is 0. The lowest BCUT2D eigenvalue weighted by Gasteiger charge is -2.39. The second kappa shape index (κ2) is 6.09. The Morgan fingerprint density at radius 3 is 2.72 bits per heavy atom. The van der Waals surface area contributed by atoms with Crippen LogP contribution in [0.15, 0.2) is 0 Å². The van der Waals surface area contributed by atoms with E-state index in [-0.39, 0.29) is 18.4 Å². The number of rotatable bonds is 4. The standard InChI is InChI=1S/C12H20N2O4/c1-5-6-9-8(7-17-12(2,3)18-9)10(14-13)11(15)16-4/h8-9H,5-7H2,1-4H3/t8-,9+/m1/s1. The van der Waals surface area contributed by atoms with Gasteiger partial charge < -0.3 is 19.7 Å². The highest BCUT2D eigenvalue weighted by Gasteiger charge is 2.45. The van der Waals surface area contributed by atoms with Gasteiger partial charge in [-0.1, -0.05) is 13.3 Å². The normalized spacial score (nSPS) is 26.2. The van der Waals surface area contributed by atoms with Gasteiger partial charge >= 0.3 is 11.7 Å². The van der Waals surface area contributed by atoms with Crippen LogP contribution in [0, 0.1) is 5.92 Å². The number of esters is 1. The predicted molar refractivity (Wildman–Crippen MR) is 63.9 cm³/mol. The van der Waals surface area contributed by atoms with Crippen LogP contribution in [0.4, 0.5) is 0 Å². The van der Waals surface area contributed by atoms with Crippen LogP contribution in [0.25, 0.3) is 5.53 Å².